The van der Waals surface area contributed by atoms with E-state index in [0.717, 1.165) is 5.52 Å². The maximum Gasteiger partial charge on any atom is 0.276 e. The number of hydrogen-bond donors (Lipinski definition) is 1. The van der Waals surface area contributed by atoms with E-state index < -0.39 is 0 Å². The Morgan fingerprint density at radius 3 is 2.29 bits per heavy atom. The first-order valence-corrected chi connectivity index (χ1v) is 6.81. The summed E-state index contributed by atoms with van der Waals surface area (Å²) >= 11 is 5.82. The summed E-state index contributed by atoms with van der Waals surface area (Å²) in [6.45, 7) is 1.77. The predicted octanol–water partition coefficient (Wildman–Crippen LogP) is 3.84. The van der Waals surface area contributed by atoms with Crippen LogP contribution < -0.4 is 5.32 Å². The topological polar surface area (TPSA) is 54.9 Å². The predicted molar refractivity (Wildman–Crippen MR) is 83.7 cm³/mol. The average molecular weight is 298 g/mol. The molecule has 3 aromatic rings. The van der Waals surface area contributed by atoms with Crippen LogP contribution in [0.15, 0.2) is 48.5 Å². The molecule has 0 radical (unpaired) electrons. The van der Waals surface area contributed by atoms with E-state index in [9.17, 15) is 4.79 Å². The Bertz CT molecular complexity index is 815. The molecule has 1 heterocycles. The van der Waals surface area contributed by atoms with E-state index in [1.165, 1.54) is 0 Å². The van der Waals surface area contributed by atoms with Crippen molar-refractivity contribution in [2.24, 2.45) is 0 Å². The third kappa shape index (κ3) is 2.85. The van der Waals surface area contributed by atoms with Crippen molar-refractivity contribution < 1.29 is 4.79 Å². The lowest BCUT2D eigenvalue weighted by Gasteiger charge is -2.08. The number of aromatic nitrogens is 2. The number of halogens is 1. The first kappa shape index (κ1) is 13.5. The van der Waals surface area contributed by atoms with Crippen molar-refractivity contribution in [1.29, 1.82) is 0 Å². The molecule has 1 amide bonds. The van der Waals surface area contributed by atoms with Gasteiger partial charge in [-0.1, -0.05) is 23.7 Å². The van der Waals surface area contributed by atoms with Crippen molar-refractivity contribution in [3.8, 4) is 0 Å². The molecule has 0 spiro atoms. The van der Waals surface area contributed by atoms with Crippen LogP contribution in [0.5, 0.6) is 0 Å². The van der Waals surface area contributed by atoms with Crippen LogP contribution in [0.3, 0.4) is 0 Å². The van der Waals surface area contributed by atoms with Crippen LogP contribution in [0.2, 0.25) is 5.02 Å². The number of amides is 1. The molecule has 0 saturated carbocycles. The highest BCUT2D eigenvalue weighted by Gasteiger charge is 2.13. The van der Waals surface area contributed by atoms with Gasteiger partial charge >= 0.3 is 0 Å². The van der Waals surface area contributed by atoms with Crippen LogP contribution in [-0.2, 0) is 0 Å². The minimum atomic E-state index is -0.284. The molecule has 0 saturated heterocycles. The molecular formula is C16H12ClN3O. The van der Waals surface area contributed by atoms with Crippen LogP contribution in [-0.4, -0.2) is 15.9 Å². The number of carbonyl (C=O) groups is 1. The Kier molecular flexibility index (Phi) is 3.54. The van der Waals surface area contributed by atoms with Gasteiger partial charge in [-0.15, -0.1) is 0 Å². The van der Waals surface area contributed by atoms with Crippen molar-refractivity contribution in [3.63, 3.8) is 0 Å². The molecule has 0 fully saturated rings. The van der Waals surface area contributed by atoms with Gasteiger partial charge in [0, 0.05) is 10.7 Å². The van der Waals surface area contributed by atoms with E-state index in [4.69, 9.17) is 11.6 Å². The monoisotopic (exact) mass is 297 g/mol. The lowest BCUT2D eigenvalue weighted by atomic mass is 10.2. The number of benzene rings is 2. The fraction of sp³-hybridized carbons (Fsp3) is 0.0625. The van der Waals surface area contributed by atoms with E-state index >= 15 is 0 Å². The van der Waals surface area contributed by atoms with Gasteiger partial charge in [0.2, 0.25) is 0 Å². The third-order valence-corrected chi connectivity index (χ3v) is 3.31. The van der Waals surface area contributed by atoms with Gasteiger partial charge in [-0.2, -0.15) is 0 Å². The number of rotatable bonds is 2. The van der Waals surface area contributed by atoms with Gasteiger partial charge in [0.1, 0.15) is 5.69 Å². The van der Waals surface area contributed by atoms with Gasteiger partial charge < -0.3 is 5.32 Å². The molecule has 0 atom stereocenters. The maximum atomic E-state index is 12.3. The maximum absolute atomic E-state index is 12.3. The zero-order chi connectivity index (χ0) is 14.8. The molecule has 0 bridgehead atoms. The first-order valence-electron chi connectivity index (χ1n) is 6.44. The Labute approximate surface area is 126 Å². The van der Waals surface area contributed by atoms with Gasteiger partial charge in [0.15, 0.2) is 0 Å². The van der Waals surface area contributed by atoms with E-state index in [-0.39, 0.29) is 5.91 Å². The van der Waals surface area contributed by atoms with Crippen LogP contribution in [0.1, 0.15) is 16.2 Å². The molecule has 0 unspecified atom stereocenters. The average Bonchev–Trinajstić information content (AvgIpc) is 2.49. The number of aryl methyl sites for hydroxylation is 1. The van der Waals surface area contributed by atoms with E-state index in [0.29, 0.717) is 27.6 Å². The minimum absolute atomic E-state index is 0.284. The Balaban J connectivity index is 1.93. The lowest BCUT2D eigenvalue weighted by Crippen LogP contribution is -2.16. The standard InChI is InChI=1S/C16H12ClN3O/c1-10-15(20-14-5-3-2-4-13(14)18-10)16(21)19-12-8-6-11(17)7-9-12/h2-9H,1H3,(H,19,21). The molecule has 1 N–H and O–H groups in total. The molecule has 0 aliphatic rings. The van der Waals surface area contributed by atoms with E-state index in [1.54, 1.807) is 31.2 Å². The van der Waals surface area contributed by atoms with Gasteiger partial charge in [0.25, 0.3) is 5.91 Å². The van der Waals surface area contributed by atoms with Crippen molar-refractivity contribution in [2.45, 2.75) is 6.92 Å². The van der Waals surface area contributed by atoms with Gasteiger partial charge in [-0.25, -0.2) is 9.97 Å². The van der Waals surface area contributed by atoms with Crippen molar-refractivity contribution in [2.75, 3.05) is 5.32 Å². The van der Waals surface area contributed by atoms with E-state index in [1.807, 2.05) is 24.3 Å². The molecule has 5 heteroatoms. The Morgan fingerprint density at radius 2 is 1.62 bits per heavy atom. The molecule has 3 rings (SSSR count). The van der Waals surface area contributed by atoms with Crippen molar-refractivity contribution in [1.82, 2.24) is 9.97 Å². The smallest absolute Gasteiger partial charge is 0.276 e. The fourth-order valence-corrected chi connectivity index (χ4v) is 2.15. The number of nitrogens with one attached hydrogen (secondary N) is 1. The fourth-order valence-electron chi connectivity index (χ4n) is 2.03. The molecular weight excluding hydrogens is 286 g/mol. The zero-order valence-electron chi connectivity index (χ0n) is 11.3. The number of anilines is 1. The van der Waals surface area contributed by atoms with Crippen molar-refractivity contribution >= 4 is 34.2 Å². The summed E-state index contributed by atoms with van der Waals surface area (Å²) in [5.41, 5.74) is 3.06. The quantitative estimate of drug-likeness (QED) is 0.782. The largest absolute Gasteiger partial charge is 0.321 e. The zero-order valence-corrected chi connectivity index (χ0v) is 12.1. The molecule has 1 aromatic heterocycles. The molecule has 0 aliphatic carbocycles. The highest BCUT2D eigenvalue weighted by Crippen LogP contribution is 2.16. The Hall–Kier alpha value is -2.46. The van der Waals surface area contributed by atoms with Gasteiger partial charge in [-0.3, -0.25) is 4.79 Å². The molecule has 2 aromatic carbocycles. The van der Waals surface area contributed by atoms with Crippen molar-refractivity contribution in [3.05, 3.63) is 64.9 Å². The Morgan fingerprint density at radius 1 is 1.00 bits per heavy atom. The molecule has 104 valence electrons. The SMILES string of the molecule is Cc1nc2ccccc2nc1C(=O)Nc1ccc(Cl)cc1. The number of fused-ring (bicyclic) bond motifs is 1. The summed E-state index contributed by atoms with van der Waals surface area (Å²) in [6.07, 6.45) is 0. The number of hydrogen-bond acceptors (Lipinski definition) is 3. The number of para-hydroxylation sites is 2. The van der Waals surface area contributed by atoms with E-state index in [2.05, 4.69) is 15.3 Å². The minimum Gasteiger partial charge on any atom is -0.321 e. The summed E-state index contributed by atoms with van der Waals surface area (Å²) in [6, 6.07) is 14.4. The van der Waals surface area contributed by atoms with Crippen LogP contribution in [0, 0.1) is 6.92 Å². The summed E-state index contributed by atoms with van der Waals surface area (Å²) in [4.78, 5) is 21.1. The summed E-state index contributed by atoms with van der Waals surface area (Å²) in [7, 11) is 0. The normalized spacial score (nSPS) is 10.6. The first-order chi connectivity index (χ1) is 10.1. The highest BCUT2D eigenvalue weighted by molar-refractivity contribution is 6.30. The van der Waals surface area contributed by atoms with Crippen LogP contribution in [0.25, 0.3) is 11.0 Å². The second-order valence-electron chi connectivity index (χ2n) is 4.61. The lowest BCUT2D eigenvalue weighted by molar-refractivity contribution is 0.102. The number of carbonyl (C=O) groups excluding carboxylic acids is 1. The molecule has 21 heavy (non-hydrogen) atoms. The molecule has 0 aliphatic heterocycles. The summed E-state index contributed by atoms with van der Waals surface area (Å²) in [5, 5.41) is 3.41. The van der Waals surface area contributed by atoms with Crippen LogP contribution >= 0.6 is 11.6 Å². The summed E-state index contributed by atoms with van der Waals surface area (Å²) in [5.74, 6) is -0.284. The van der Waals surface area contributed by atoms with Gasteiger partial charge in [0.05, 0.1) is 16.7 Å². The highest BCUT2D eigenvalue weighted by atomic mass is 35.5. The number of nitrogens with zero attached hydrogens (tertiary/aromatic N) is 2. The second kappa shape index (κ2) is 5.50. The second-order valence-corrected chi connectivity index (χ2v) is 5.04. The third-order valence-electron chi connectivity index (χ3n) is 3.06. The summed E-state index contributed by atoms with van der Waals surface area (Å²) < 4.78 is 0. The van der Waals surface area contributed by atoms with Crippen LogP contribution in [0.4, 0.5) is 5.69 Å². The molecule has 4 nitrogen and oxygen atoms in total. The van der Waals surface area contributed by atoms with Gasteiger partial charge in [-0.05, 0) is 43.3 Å².